The Morgan fingerprint density at radius 3 is 2.95 bits per heavy atom. The van der Waals surface area contributed by atoms with E-state index < -0.39 is 0 Å². The molecular formula is C16H22N4O2. The lowest BCUT2D eigenvalue weighted by Gasteiger charge is -2.15. The van der Waals surface area contributed by atoms with Gasteiger partial charge in [0, 0.05) is 31.9 Å². The third-order valence-electron chi connectivity index (χ3n) is 3.64. The first-order valence-electron chi connectivity index (χ1n) is 7.79. The molecule has 0 bridgehead atoms. The van der Waals surface area contributed by atoms with Crippen molar-refractivity contribution in [3.05, 3.63) is 36.2 Å². The zero-order chi connectivity index (χ0) is 15.4. The molecule has 2 aromatic rings. The largest absolute Gasteiger partial charge is 0.489 e. The quantitative estimate of drug-likeness (QED) is 0.816. The van der Waals surface area contributed by atoms with Crippen molar-refractivity contribution in [3.8, 4) is 5.75 Å². The summed E-state index contributed by atoms with van der Waals surface area (Å²) < 4.78 is 11.3. The van der Waals surface area contributed by atoms with Gasteiger partial charge >= 0.3 is 0 Å². The SMILES string of the molecule is CC(C)Cc1noc(CN2CCC(Oc3ccncc3)C2)n1. The van der Waals surface area contributed by atoms with Crippen molar-refractivity contribution in [2.24, 2.45) is 5.92 Å². The van der Waals surface area contributed by atoms with Crippen molar-refractivity contribution in [2.45, 2.75) is 39.3 Å². The van der Waals surface area contributed by atoms with Crippen LogP contribution in [0.1, 0.15) is 32.0 Å². The van der Waals surface area contributed by atoms with Gasteiger partial charge in [0.2, 0.25) is 5.89 Å². The van der Waals surface area contributed by atoms with Crippen LogP contribution in [-0.4, -0.2) is 39.2 Å². The minimum atomic E-state index is 0.209. The topological polar surface area (TPSA) is 64.3 Å². The maximum absolute atomic E-state index is 5.95. The Hall–Kier alpha value is -1.95. The fourth-order valence-corrected chi connectivity index (χ4v) is 2.64. The van der Waals surface area contributed by atoms with E-state index >= 15 is 0 Å². The number of ether oxygens (including phenoxy) is 1. The zero-order valence-corrected chi connectivity index (χ0v) is 13.1. The highest BCUT2D eigenvalue weighted by Gasteiger charge is 2.25. The van der Waals surface area contributed by atoms with Gasteiger partial charge in [0.05, 0.1) is 6.54 Å². The summed E-state index contributed by atoms with van der Waals surface area (Å²) in [7, 11) is 0. The normalized spacial score (nSPS) is 19.0. The summed E-state index contributed by atoms with van der Waals surface area (Å²) in [6.45, 7) is 6.86. The van der Waals surface area contributed by atoms with Crippen LogP contribution in [0.5, 0.6) is 5.75 Å². The molecule has 0 aliphatic carbocycles. The van der Waals surface area contributed by atoms with Crippen molar-refractivity contribution in [1.82, 2.24) is 20.0 Å². The van der Waals surface area contributed by atoms with Crippen molar-refractivity contribution in [1.29, 1.82) is 0 Å². The molecule has 0 amide bonds. The van der Waals surface area contributed by atoms with Crippen molar-refractivity contribution < 1.29 is 9.26 Å². The lowest BCUT2D eigenvalue weighted by molar-refractivity contribution is 0.190. The molecule has 1 unspecified atom stereocenters. The maximum atomic E-state index is 5.95. The van der Waals surface area contributed by atoms with Crippen LogP contribution in [0.2, 0.25) is 0 Å². The molecule has 2 aromatic heterocycles. The van der Waals surface area contributed by atoms with Crippen LogP contribution in [0.4, 0.5) is 0 Å². The molecule has 1 aliphatic heterocycles. The molecule has 6 heteroatoms. The van der Waals surface area contributed by atoms with E-state index in [4.69, 9.17) is 9.26 Å². The molecule has 3 rings (SSSR count). The van der Waals surface area contributed by atoms with Gasteiger partial charge in [-0.15, -0.1) is 0 Å². The predicted molar refractivity (Wildman–Crippen MR) is 81.4 cm³/mol. The minimum Gasteiger partial charge on any atom is -0.489 e. The molecular weight excluding hydrogens is 280 g/mol. The number of nitrogens with zero attached hydrogens (tertiary/aromatic N) is 4. The molecule has 0 N–H and O–H groups in total. The van der Waals surface area contributed by atoms with Gasteiger partial charge in [-0.3, -0.25) is 9.88 Å². The zero-order valence-electron chi connectivity index (χ0n) is 13.1. The van der Waals surface area contributed by atoms with E-state index in [0.717, 1.165) is 37.5 Å². The monoisotopic (exact) mass is 302 g/mol. The molecule has 0 radical (unpaired) electrons. The van der Waals surface area contributed by atoms with Gasteiger partial charge in [0.15, 0.2) is 5.82 Å². The molecule has 1 aliphatic rings. The fourth-order valence-electron chi connectivity index (χ4n) is 2.64. The summed E-state index contributed by atoms with van der Waals surface area (Å²) in [5, 5.41) is 4.03. The molecule has 1 fully saturated rings. The Bertz CT molecular complexity index is 585. The van der Waals surface area contributed by atoms with Gasteiger partial charge in [0.25, 0.3) is 0 Å². The maximum Gasteiger partial charge on any atom is 0.240 e. The molecule has 0 aromatic carbocycles. The average Bonchev–Trinajstić information content (AvgIpc) is 3.10. The lowest BCUT2D eigenvalue weighted by Crippen LogP contribution is -2.24. The summed E-state index contributed by atoms with van der Waals surface area (Å²) in [6, 6.07) is 3.78. The van der Waals surface area contributed by atoms with Crippen molar-refractivity contribution in [2.75, 3.05) is 13.1 Å². The number of aromatic nitrogens is 3. The van der Waals surface area contributed by atoms with E-state index in [0.29, 0.717) is 18.4 Å². The number of rotatable bonds is 6. The van der Waals surface area contributed by atoms with Crippen LogP contribution in [0.3, 0.4) is 0 Å². The van der Waals surface area contributed by atoms with E-state index in [1.54, 1.807) is 12.4 Å². The highest BCUT2D eigenvalue weighted by Crippen LogP contribution is 2.19. The van der Waals surface area contributed by atoms with E-state index in [1.165, 1.54) is 0 Å². The van der Waals surface area contributed by atoms with E-state index in [2.05, 4.69) is 33.9 Å². The van der Waals surface area contributed by atoms with Gasteiger partial charge in [-0.05, 0) is 24.5 Å². The third-order valence-corrected chi connectivity index (χ3v) is 3.64. The Morgan fingerprint density at radius 1 is 1.36 bits per heavy atom. The summed E-state index contributed by atoms with van der Waals surface area (Å²) in [5.74, 6) is 2.91. The second-order valence-electron chi connectivity index (χ2n) is 6.15. The van der Waals surface area contributed by atoms with Gasteiger partial charge in [-0.1, -0.05) is 19.0 Å². The first-order chi connectivity index (χ1) is 10.7. The van der Waals surface area contributed by atoms with Crippen LogP contribution in [0, 0.1) is 5.92 Å². The first-order valence-corrected chi connectivity index (χ1v) is 7.79. The van der Waals surface area contributed by atoms with Crippen LogP contribution in [0.15, 0.2) is 29.0 Å². The molecule has 1 saturated heterocycles. The van der Waals surface area contributed by atoms with Crippen LogP contribution < -0.4 is 4.74 Å². The van der Waals surface area contributed by atoms with Gasteiger partial charge in [-0.2, -0.15) is 4.98 Å². The minimum absolute atomic E-state index is 0.209. The van der Waals surface area contributed by atoms with Gasteiger partial charge in [0.1, 0.15) is 11.9 Å². The molecule has 0 spiro atoms. The second-order valence-corrected chi connectivity index (χ2v) is 6.15. The highest BCUT2D eigenvalue weighted by molar-refractivity contribution is 5.17. The van der Waals surface area contributed by atoms with Gasteiger partial charge in [-0.25, -0.2) is 0 Å². The van der Waals surface area contributed by atoms with Crippen molar-refractivity contribution in [3.63, 3.8) is 0 Å². The standard InChI is InChI=1S/C16H22N4O2/c1-12(2)9-15-18-16(22-19-15)11-20-8-5-14(10-20)21-13-3-6-17-7-4-13/h3-4,6-7,12,14H,5,8-11H2,1-2H3. The van der Waals surface area contributed by atoms with Crippen LogP contribution in [0.25, 0.3) is 0 Å². The summed E-state index contributed by atoms with van der Waals surface area (Å²) in [4.78, 5) is 10.7. The summed E-state index contributed by atoms with van der Waals surface area (Å²) >= 11 is 0. The number of hydrogen-bond acceptors (Lipinski definition) is 6. The second kappa shape index (κ2) is 6.87. The Morgan fingerprint density at radius 2 is 2.18 bits per heavy atom. The van der Waals surface area contributed by atoms with Gasteiger partial charge < -0.3 is 9.26 Å². The average molecular weight is 302 g/mol. The Labute approximate surface area is 130 Å². The van der Waals surface area contributed by atoms with E-state index in [9.17, 15) is 0 Å². The number of likely N-dealkylation sites (tertiary alicyclic amines) is 1. The lowest BCUT2D eigenvalue weighted by atomic mass is 10.1. The molecule has 22 heavy (non-hydrogen) atoms. The number of pyridine rings is 1. The van der Waals surface area contributed by atoms with E-state index in [-0.39, 0.29) is 6.10 Å². The number of hydrogen-bond donors (Lipinski definition) is 0. The Kier molecular flexibility index (Phi) is 4.68. The molecule has 3 heterocycles. The fraction of sp³-hybridized carbons (Fsp3) is 0.562. The van der Waals surface area contributed by atoms with Crippen LogP contribution in [-0.2, 0) is 13.0 Å². The molecule has 1 atom stereocenters. The van der Waals surface area contributed by atoms with E-state index in [1.807, 2.05) is 12.1 Å². The van der Waals surface area contributed by atoms with Crippen molar-refractivity contribution >= 4 is 0 Å². The third kappa shape index (κ3) is 4.04. The summed E-state index contributed by atoms with van der Waals surface area (Å²) in [5.41, 5.74) is 0. The smallest absolute Gasteiger partial charge is 0.240 e. The molecule has 118 valence electrons. The first kappa shape index (κ1) is 15.0. The van der Waals surface area contributed by atoms with Crippen LogP contribution >= 0.6 is 0 Å². The molecule has 6 nitrogen and oxygen atoms in total. The summed E-state index contributed by atoms with van der Waals surface area (Å²) in [6.07, 6.45) is 5.57. The molecule has 0 saturated carbocycles. The Balaban J connectivity index is 1.49. The predicted octanol–water partition coefficient (Wildman–Crippen LogP) is 2.32. The highest BCUT2D eigenvalue weighted by atomic mass is 16.5.